The van der Waals surface area contributed by atoms with Crippen LogP contribution in [0.3, 0.4) is 0 Å². The van der Waals surface area contributed by atoms with Crippen molar-refractivity contribution < 1.29 is 14.3 Å². The van der Waals surface area contributed by atoms with Gasteiger partial charge in [0.2, 0.25) is 5.91 Å². The standard InChI is InChI=1S/C16H26N2O3/c1-12(2)7-8-21-14-6-5-13(9-15(14)20-4)10-18-16(19)11-17-3/h5-6,9,12,17H,7-8,10-11H2,1-4H3,(H,18,19). The molecule has 0 heterocycles. The second kappa shape index (κ2) is 9.23. The largest absolute Gasteiger partial charge is 0.493 e. The number of hydrogen-bond acceptors (Lipinski definition) is 4. The maximum absolute atomic E-state index is 11.4. The number of likely N-dealkylation sites (N-methyl/N-ethyl adjacent to an activating group) is 1. The second-order valence-corrected chi connectivity index (χ2v) is 5.32. The Labute approximate surface area is 127 Å². The molecule has 5 heteroatoms. The molecule has 0 bridgehead atoms. The summed E-state index contributed by atoms with van der Waals surface area (Å²) in [5, 5.41) is 5.64. The SMILES string of the molecule is CNCC(=O)NCc1ccc(OCCC(C)C)c(OC)c1. The Morgan fingerprint density at radius 3 is 2.67 bits per heavy atom. The Morgan fingerprint density at radius 2 is 2.05 bits per heavy atom. The van der Waals surface area contributed by atoms with E-state index >= 15 is 0 Å². The minimum atomic E-state index is -0.0336. The summed E-state index contributed by atoms with van der Waals surface area (Å²) in [6.45, 7) is 5.79. The molecule has 1 aromatic carbocycles. The lowest BCUT2D eigenvalue weighted by Gasteiger charge is -2.13. The average molecular weight is 294 g/mol. The van der Waals surface area contributed by atoms with Crippen molar-refractivity contribution in [3.8, 4) is 11.5 Å². The van der Waals surface area contributed by atoms with E-state index < -0.39 is 0 Å². The van der Waals surface area contributed by atoms with Crippen molar-refractivity contribution in [2.75, 3.05) is 27.3 Å². The monoisotopic (exact) mass is 294 g/mol. The van der Waals surface area contributed by atoms with Crippen LogP contribution in [0.25, 0.3) is 0 Å². The molecule has 0 aromatic heterocycles. The van der Waals surface area contributed by atoms with Gasteiger partial charge < -0.3 is 20.1 Å². The molecule has 0 fully saturated rings. The molecular formula is C16H26N2O3. The third-order valence-electron chi connectivity index (χ3n) is 3.01. The van der Waals surface area contributed by atoms with E-state index in [2.05, 4.69) is 24.5 Å². The Kier molecular flexibility index (Phi) is 7.61. The van der Waals surface area contributed by atoms with E-state index in [4.69, 9.17) is 9.47 Å². The molecule has 5 nitrogen and oxygen atoms in total. The van der Waals surface area contributed by atoms with Gasteiger partial charge in [-0.1, -0.05) is 19.9 Å². The molecule has 1 aromatic rings. The van der Waals surface area contributed by atoms with Gasteiger partial charge in [-0.2, -0.15) is 0 Å². The van der Waals surface area contributed by atoms with E-state index in [-0.39, 0.29) is 5.91 Å². The summed E-state index contributed by atoms with van der Waals surface area (Å²) in [5.74, 6) is 2.01. The first-order valence-electron chi connectivity index (χ1n) is 7.27. The number of benzene rings is 1. The number of rotatable bonds is 9. The van der Waals surface area contributed by atoms with E-state index in [9.17, 15) is 4.79 Å². The Bertz CT molecular complexity index is 447. The van der Waals surface area contributed by atoms with Crippen LogP contribution < -0.4 is 20.1 Å². The molecule has 1 amide bonds. The van der Waals surface area contributed by atoms with Crippen LogP contribution >= 0.6 is 0 Å². The third kappa shape index (κ3) is 6.49. The van der Waals surface area contributed by atoms with Gasteiger partial charge >= 0.3 is 0 Å². The molecule has 21 heavy (non-hydrogen) atoms. The molecule has 0 aliphatic rings. The van der Waals surface area contributed by atoms with Crippen molar-refractivity contribution >= 4 is 5.91 Å². The fourth-order valence-electron chi connectivity index (χ4n) is 1.77. The van der Waals surface area contributed by atoms with Gasteiger partial charge in [0.1, 0.15) is 0 Å². The summed E-state index contributed by atoms with van der Waals surface area (Å²) in [6.07, 6.45) is 1.00. The molecule has 0 aliphatic carbocycles. The zero-order chi connectivity index (χ0) is 15.7. The average Bonchev–Trinajstić information content (AvgIpc) is 2.46. The molecule has 1 rings (SSSR count). The maximum atomic E-state index is 11.4. The van der Waals surface area contributed by atoms with Gasteiger partial charge in [-0.25, -0.2) is 0 Å². The van der Waals surface area contributed by atoms with Gasteiger partial charge in [0.15, 0.2) is 11.5 Å². The number of amides is 1. The van der Waals surface area contributed by atoms with Crippen LogP contribution in [-0.4, -0.2) is 33.2 Å². The van der Waals surface area contributed by atoms with Gasteiger partial charge in [0.25, 0.3) is 0 Å². The molecule has 0 aliphatic heterocycles. The first-order valence-corrected chi connectivity index (χ1v) is 7.27. The van der Waals surface area contributed by atoms with E-state index in [0.29, 0.717) is 31.4 Å². The first-order chi connectivity index (χ1) is 10.1. The van der Waals surface area contributed by atoms with E-state index in [0.717, 1.165) is 17.7 Å². The predicted octanol–water partition coefficient (Wildman–Crippen LogP) is 1.96. The number of methoxy groups -OCH3 is 1. The minimum Gasteiger partial charge on any atom is -0.493 e. The van der Waals surface area contributed by atoms with Crippen molar-refractivity contribution in [2.24, 2.45) is 5.92 Å². The fraction of sp³-hybridized carbons (Fsp3) is 0.562. The van der Waals surface area contributed by atoms with Crippen LogP contribution in [-0.2, 0) is 11.3 Å². The summed E-state index contributed by atoms with van der Waals surface area (Å²) >= 11 is 0. The van der Waals surface area contributed by atoms with Crippen molar-refractivity contribution in [1.82, 2.24) is 10.6 Å². The van der Waals surface area contributed by atoms with Crippen molar-refractivity contribution in [2.45, 2.75) is 26.8 Å². The van der Waals surface area contributed by atoms with Crippen molar-refractivity contribution in [3.05, 3.63) is 23.8 Å². The Hall–Kier alpha value is -1.75. The molecule has 0 saturated heterocycles. The minimum absolute atomic E-state index is 0.0336. The van der Waals surface area contributed by atoms with Crippen LogP contribution in [0, 0.1) is 5.92 Å². The molecule has 0 spiro atoms. The van der Waals surface area contributed by atoms with Crippen LogP contribution in [0.5, 0.6) is 11.5 Å². The number of hydrogen-bond donors (Lipinski definition) is 2. The Balaban J connectivity index is 2.59. The number of ether oxygens (including phenoxy) is 2. The highest BCUT2D eigenvalue weighted by molar-refractivity contribution is 5.77. The van der Waals surface area contributed by atoms with E-state index in [1.807, 2.05) is 18.2 Å². The summed E-state index contributed by atoms with van der Waals surface area (Å²) in [5.41, 5.74) is 0.979. The molecule has 2 N–H and O–H groups in total. The van der Waals surface area contributed by atoms with Gasteiger partial charge in [-0.3, -0.25) is 4.79 Å². The van der Waals surface area contributed by atoms with Crippen molar-refractivity contribution in [3.63, 3.8) is 0 Å². The lowest BCUT2D eigenvalue weighted by molar-refractivity contribution is -0.120. The summed E-state index contributed by atoms with van der Waals surface area (Å²) in [4.78, 5) is 11.4. The van der Waals surface area contributed by atoms with Crippen LogP contribution in [0.15, 0.2) is 18.2 Å². The lowest BCUT2D eigenvalue weighted by Crippen LogP contribution is -2.31. The first kappa shape index (κ1) is 17.3. The zero-order valence-corrected chi connectivity index (χ0v) is 13.4. The normalized spacial score (nSPS) is 10.5. The Morgan fingerprint density at radius 1 is 1.29 bits per heavy atom. The van der Waals surface area contributed by atoms with Crippen molar-refractivity contribution in [1.29, 1.82) is 0 Å². The fourth-order valence-corrected chi connectivity index (χ4v) is 1.77. The quantitative estimate of drug-likeness (QED) is 0.731. The topological polar surface area (TPSA) is 59.6 Å². The van der Waals surface area contributed by atoms with Gasteiger partial charge in [-0.05, 0) is 37.1 Å². The molecule has 0 atom stereocenters. The zero-order valence-electron chi connectivity index (χ0n) is 13.4. The lowest BCUT2D eigenvalue weighted by atomic mass is 10.1. The van der Waals surface area contributed by atoms with Crippen LogP contribution in [0.2, 0.25) is 0 Å². The predicted molar refractivity (Wildman–Crippen MR) is 83.7 cm³/mol. The van der Waals surface area contributed by atoms with Crippen LogP contribution in [0.1, 0.15) is 25.8 Å². The van der Waals surface area contributed by atoms with Gasteiger partial charge in [0.05, 0.1) is 20.3 Å². The molecule has 0 saturated carbocycles. The number of carbonyl (C=O) groups is 1. The number of nitrogens with one attached hydrogen (secondary N) is 2. The molecule has 118 valence electrons. The van der Waals surface area contributed by atoms with E-state index in [1.54, 1.807) is 14.2 Å². The second-order valence-electron chi connectivity index (χ2n) is 5.32. The highest BCUT2D eigenvalue weighted by Crippen LogP contribution is 2.28. The highest BCUT2D eigenvalue weighted by Gasteiger charge is 2.07. The summed E-state index contributed by atoms with van der Waals surface area (Å²) < 4.78 is 11.1. The number of carbonyl (C=O) groups excluding carboxylic acids is 1. The van der Waals surface area contributed by atoms with Crippen LogP contribution in [0.4, 0.5) is 0 Å². The van der Waals surface area contributed by atoms with Gasteiger partial charge in [-0.15, -0.1) is 0 Å². The molecule has 0 unspecified atom stereocenters. The maximum Gasteiger partial charge on any atom is 0.234 e. The third-order valence-corrected chi connectivity index (χ3v) is 3.01. The summed E-state index contributed by atoms with van der Waals surface area (Å²) in [6, 6.07) is 5.72. The van der Waals surface area contributed by atoms with Gasteiger partial charge in [0, 0.05) is 6.54 Å². The summed E-state index contributed by atoms with van der Waals surface area (Å²) in [7, 11) is 3.36. The molecular weight excluding hydrogens is 268 g/mol. The molecule has 0 radical (unpaired) electrons. The highest BCUT2D eigenvalue weighted by atomic mass is 16.5. The van der Waals surface area contributed by atoms with E-state index in [1.165, 1.54) is 0 Å². The smallest absolute Gasteiger partial charge is 0.234 e.